The van der Waals surface area contributed by atoms with Gasteiger partial charge < -0.3 is 5.73 Å². The first-order valence-electron chi connectivity index (χ1n) is 6.05. The third-order valence-corrected chi connectivity index (χ3v) is 5.04. The molecule has 3 N–H and O–H groups in total. The molecule has 0 aromatic heterocycles. The minimum atomic E-state index is -3.82. The molecule has 2 aromatic carbocycles. The normalized spacial score (nSPS) is 11.4. The first-order valence-corrected chi connectivity index (χ1v) is 8.29. The number of nitrogens with one attached hydrogen (secondary N) is 1. The third-order valence-electron chi connectivity index (χ3n) is 2.90. The van der Waals surface area contributed by atoms with E-state index in [1.807, 2.05) is 0 Å². The summed E-state index contributed by atoms with van der Waals surface area (Å²) in [6, 6.07) is 7.90. The Bertz CT molecular complexity index is 785. The Morgan fingerprint density at radius 3 is 2.38 bits per heavy atom. The fourth-order valence-corrected chi connectivity index (χ4v) is 3.68. The van der Waals surface area contributed by atoms with Crippen LogP contribution in [0, 0.1) is 13.8 Å². The highest BCUT2D eigenvalue weighted by atomic mass is 35.5. The van der Waals surface area contributed by atoms with E-state index in [2.05, 4.69) is 4.72 Å². The maximum absolute atomic E-state index is 12.4. The van der Waals surface area contributed by atoms with Gasteiger partial charge in [0.1, 0.15) is 0 Å². The van der Waals surface area contributed by atoms with Crippen LogP contribution in [0.5, 0.6) is 0 Å². The van der Waals surface area contributed by atoms with Crippen LogP contribution >= 0.6 is 23.2 Å². The van der Waals surface area contributed by atoms with Crippen LogP contribution < -0.4 is 10.5 Å². The molecule has 21 heavy (non-hydrogen) atoms. The van der Waals surface area contributed by atoms with E-state index in [0.717, 1.165) is 11.1 Å². The average molecular weight is 345 g/mol. The number of aryl methyl sites for hydroxylation is 2. The van der Waals surface area contributed by atoms with E-state index in [1.165, 1.54) is 12.1 Å². The fourth-order valence-electron chi connectivity index (χ4n) is 1.88. The number of benzene rings is 2. The van der Waals surface area contributed by atoms with Crippen molar-refractivity contribution in [3.63, 3.8) is 0 Å². The van der Waals surface area contributed by atoms with Gasteiger partial charge in [0.25, 0.3) is 10.0 Å². The Balaban J connectivity index is 2.50. The third kappa shape index (κ3) is 3.43. The van der Waals surface area contributed by atoms with Crippen molar-refractivity contribution < 1.29 is 8.42 Å². The van der Waals surface area contributed by atoms with E-state index in [0.29, 0.717) is 5.69 Å². The molecule has 0 atom stereocenters. The van der Waals surface area contributed by atoms with Gasteiger partial charge in [-0.3, -0.25) is 4.72 Å². The van der Waals surface area contributed by atoms with E-state index < -0.39 is 10.0 Å². The highest BCUT2D eigenvalue weighted by molar-refractivity contribution is 7.92. The lowest BCUT2D eigenvalue weighted by Crippen LogP contribution is -2.14. The molecule has 0 saturated carbocycles. The molecule has 0 spiro atoms. The van der Waals surface area contributed by atoms with Crippen molar-refractivity contribution in [2.75, 3.05) is 10.5 Å². The molecule has 112 valence electrons. The summed E-state index contributed by atoms with van der Waals surface area (Å²) in [6.07, 6.45) is 0. The number of hydrogen-bond donors (Lipinski definition) is 2. The maximum Gasteiger partial charge on any atom is 0.262 e. The second kappa shape index (κ2) is 5.75. The number of nitrogen functional groups attached to an aromatic ring is 1. The Morgan fingerprint density at radius 2 is 1.76 bits per heavy atom. The van der Waals surface area contributed by atoms with Crippen molar-refractivity contribution in [3.8, 4) is 0 Å². The Hall–Kier alpha value is -1.43. The number of anilines is 2. The van der Waals surface area contributed by atoms with Crippen LogP contribution in [0.1, 0.15) is 11.1 Å². The molecule has 0 amide bonds. The predicted octanol–water partition coefficient (Wildman–Crippen LogP) is 3.99. The molecular weight excluding hydrogens is 331 g/mol. The molecular formula is C14H14Cl2N2O2S. The molecule has 7 heteroatoms. The summed E-state index contributed by atoms with van der Waals surface area (Å²) < 4.78 is 27.3. The second-order valence-electron chi connectivity index (χ2n) is 4.74. The summed E-state index contributed by atoms with van der Waals surface area (Å²) in [5.41, 5.74) is 7.70. The number of halogens is 2. The predicted molar refractivity (Wildman–Crippen MR) is 87.6 cm³/mol. The van der Waals surface area contributed by atoms with Gasteiger partial charge in [0.15, 0.2) is 0 Å². The van der Waals surface area contributed by atoms with Gasteiger partial charge >= 0.3 is 0 Å². The van der Waals surface area contributed by atoms with Gasteiger partial charge in [0, 0.05) is 5.69 Å². The van der Waals surface area contributed by atoms with Gasteiger partial charge in [-0.2, -0.15) is 0 Å². The van der Waals surface area contributed by atoms with Crippen molar-refractivity contribution in [1.82, 2.24) is 0 Å². The molecule has 0 unspecified atom stereocenters. The summed E-state index contributed by atoms with van der Waals surface area (Å²) >= 11 is 12.1. The van der Waals surface area contributed by atoms with Gasteiger partial charge in [0.05, 0.1) is 20.6 Å². The van der Waals surface area contributed by atoms with Crippen LogP contribution in [0.2, 0.25) is 10.0 Å². The van der Waals surface area contributed by atoms with Gasteiger partial charge in [-0.25, -0.2) is 8.42 Å². The van der Waals surface area contributed by atoms with Crippen LogP contribution in [-0.2, 0) is 10.0 Å². The standard InChI is InChI=1S/C14H14Cl2N2O2S/c1-8-5-10(17)7-11(6-8)21(19,20)18-14-12(15)4-3-9(2)13(14)16/h3-7,18H,17H2,1-2H3. The minimum Gasteiger partial charge on any atom is -0.399 e. The van der Waals surface area contributed by atoms with E-state index in [1.54, 1.807) is 32.0 Å². The van der Waals surface area contributed by atoms with Crippen molar-refractivity contribution in [1.29, 1.82) is 0 Å². The zero-order valence-corrected chi connectivity index (χ0v) is 13.8. The monoisotopic (exact) mass is 344 g/mol. The number of sulfonamides is 1. The van der Waals surface area contributed by atoms with Crippen LogP contribution in [0.3, 0.4) is 0 Å². The highest BCUT2D eigenvalue weighted by Crippen LogP contribution is 2.34. The molecule has 0 aliphatic rings. The van der Waals surface area contributed by atoms with E-state index in [9.17, 15) is 8.42 Å². The topological polar surface area (TPSA) is 72.2 Å². The van der Waals surface area contributed by atoms with Crippen LogP contribution in [0.25, 0.3) is 0 Å². The SMILES string of the molecule is Cc1cc(N)cc(S(=O)(=O)Nc2c(Cl)ccc(C)c2Cl)c1. The van der Waals surface area contributed by atoms with Crippen LogP contribution in [0.15, 0.2) is 35.2 Å². The molecule has 2 rings (SSSR count). The van der Waals surface area contributed by atoms with Crippen molar-refractivity contribution in [2.45, 2.75) is 18.7 Å². The highest BCUT2D eigenvalue weighted by Gasteiger charge is 2.19. The molecule has 0 aliphatic carbocycles. The van der Waals surface area contributed by atoms with E-state index in [-0.39, 0.29) is 20.6 Å². The average Bonchev–Trinajstić information content (AvgIpc) is 2.38. The fraction of sp³-hybridized carbons (Fsp3) is 0.143. The second-order valence-corrected chi connectivity index (χ2v) is 7.21. The van der Waals surface area contributed by atoms with Crippen LogP contribution in [0.4, 0.5) is 11.4 Å². The molecule has 0 heterocycles. The Kier molecular flexibility index (Phi) is 4.37. The van der Waals surface area contributed by atoms with Gasteiger partial charge in [-0.1, -0.05) is 29.3 Å². The zero-order chi connectivity index (χ0) is 15.8. The Morgan fingerprint density at radius 1 is 1.10 bits per heavy atom. The summed E-state index contributed by atoms with van der Waals surface area (Å²) in [5.74, 6) is 0. The lowest BCUT2D eigenvalue weighted by atomic mass is 10.2. The smallest absolute Gasteiger partial charge is 0.262 e. The van der Waals surface area contributed by atoms with Crippen molar-refractivity contribution >= 4 is 44.6 Å². The molecule has 0 fully saturated rings. The molecule has 0 radical (unpaired) electrons. The largest absolute Gasteiger partial charge is 0.399 e. The summed E-state index contributed by atoms with van der Waals surface area (Å²) in [6.45, 7) is 3.53. The lowest BCUT2D eigenvalue weighted by molar-refractivity contribution is 0.601. The molecule has 0 aliphatic heterocycles. The number of rotatable bonds is 3. The van der Waals surface area contributed by atoms with Crippen molar-refractivity contribution in [2.24, 2.45) is 0 Å². The quantitative estimate of drug-likeness (QED) is 0.826. The number of hydrogen-bond acceptors (Lipinski definition) is 3. The van der Waals surface area contributed by atoms with Gasteiger partial charge in [0.2, 0.25) is 0 Å². The van der Waals surface area contributed by atoms with Gasteiger partial charge in [-0.05, 0) is 49.2 Å². The van der Waals surface area contributed by atoms with Crippen molar-refractivity contribution in [3.05, 3.63) is 51.5 Å². The molecule has 2 aromatic rings. The lowest BCUT2D eigenvalue weighted by Gasteiger charge is -2.13. The molecule has 0 bridgehead atoms. The molecule has 4 nitrogen and oxygen atoms in total. The minimum absolute atomic E-state index is 0.0636. The van der Waals surface area contributed by atoms with E-state index >= 15 is 0 Å². The van der Waals surface area contributed by atoms with Gasteiger partial charge in [-0.15, -0.1) is 0 Å². The first kappa shape index (κ1) is 15.9. The first-order chi connectivity index (χ1) is 9.70. The zero-order valence-electron chi connectivity index (χ0n) is 11.4. The van der Waals surface area contributed by atoms with Crippen LogP contribution in [-0.4, -0.2) is 8.42 Å². The van der Waals surface area contributed by atoms with E-state index in [4.69, 9.17) is 28.9 Å². The Labute approximate surface area is 133 Å². The summed E-state index contributed by atoms with van der Waals surface area (Å²) in [4.78, 5) is 0.0636. The number of nitrogens with two attached hydrogens (primary N) is 1. The molecule has 0 saturated heterocycles. The summed E-state index contributed by atoms with van der Waals surface area (Å²) in [5, 5.41) is 0.501. The maximum atomic E-state index is 12.4. The summed E-state index contributed by atoms with van der Waals surface area (Å²) in [7, 11) is -3.82.